The quantitative estimate of drug-likeness (QED) is 0.926. The van der Waals surface area contributed by atoms with Crippen molar-refractivity contribution in [2.45, 2.75) is 18.9 Å². The summed E-state index contributed by atoms with van der Waals surface area (Å²) in [5.41, 5.74) is 2.40. The summed E-state index contributed by atoms with van der Waals surface area (Å²) in [6.07, 6.45) is -0.183. The van der Waals surface area contributed by atoms with E-state index in [1.54, 1.807) is 0 Å². The van der Waals surface area contributed by atoms with Crippen LogP contribution in [0.4, 0.5) is 0 Å². The number of nitrogens with zero attached hydrogens (tertiary/aromatic N) is 1. The molecule has 1 heterocycles. The van der Waals surface area contributed by atoms with Crippen molar-refractivity contribution in [1.82, 2.24) is 4.90 Å². The average molecular weight is 269 g/mol. The summed E-state index contributed by atoms with van der Waals surface area (Å²) in [4.78, 5) is 2.27. The summed E-state index contributed by atoms with van der Waals surface area (Å²) in [5, 5.41) is 9.36. The van der Waals surface area contributed by atoms with Crippen LogP contribution in [-0.4, -0.2) is 29.3 Å². The molecule has 2 aromatic carbocycles. The van der Waals surface area contributed by atoms with E-state index in [0.29, 0.717) is 0 Å². The first-order chi connectivity index (χ1) is 9.86. The maximum absolute atomic E-state index is 9.36. The Hall–Kier alpha value is -1.68. The third-order valence-corrected chi connectivity index (χ3v) is 3.61. The second kappa shape index (κ2) is 6.18. The standard InChI is InChI=1S/C17H19NO2/c19-13-16-12-18(11-14-7-3-1-4-8-14)17(20-16)15-9-5-2-6-10-15/h1-10,16-17,19H,11-13H2/t16-,17+/m0/s1. The van der Waals surface area contributed by atoms with E-state index in [4.69, 9.17) is 4.74 Å². The molecule has 0 aliphatic carbocycles. The van der Waals surface area contributed by atoms with Gasteiger partial charge in [-0.2, -0.15) is 0 Å². The van der Waals surface area contributed by atoms with E-state index in [-0.39, 0.29) is 18.9 Å². The smallest absolute Gasteiger partial charge is 0.137 e. The molecule has 2 aromatic rings. The third kappa shape index (κ3) is 2.90. The fourth-order valence-corrected chi connectivity index (χ4v) is 2.64. The summed E-state index contributed by atoms with van der Waals surface area (Å²) in [5.74, 6) is 0. The molecule has 1 N–H and O–H groups in total. The number of aliphatic hydroxyl groups excluding tert-OH is 1. The molecule has 104 valence electrons. The van der Waals surface area contributed by atoms with Crippen LogP contribution < -0.4 is 0 Å². The second-order valence-corrected chi connectivity index (χ2v) is 5.12. The summed E-state index contributed by atoms with van der Waals surface area (Å²) < 4.78 is 5.96. The summed E-state index contributed by atoms with van der Waals surface area (Å²) in [6.45, 7) is 1.65. The number of aliphatic hydroxyl groups is 1. The minimum atomic E-state index is -0.107. The van der Waals surface area contributed by atoms with Crippen molar-refractivity contribution >= 4 is 0 Å². The maximum atomic E-state index is 9.36. The van der Waals surface area contributed by atoms with E-state index in [2.05, 4.69) is 29.2 Å². The molecule has 3 heteroatoms. The largest absolute Gasteiger partial charge is 0.394 e. The molecule has 1 aliphatic heterocycles. The first-order valence-electron chi connectivity index (χ1n) is 6.96. The highest BCUT2D eigenvalue weighted by Gasteiger charge is 2.33. The van der Waals surface area contributed by atoms with Gasteiger partial charge < -0.3 is 9.84 Å². The minimum Gasteiger partial charge on any atom is -0.394 e. The molecule has 1 saturated heterocycles. The average Bonchev–Trinajstić information content (AvgIpc) is 2.92. The van der Waals surface area contributed by atoms with Gasteiger partial charge >= 0.3 is 0 Å². The Kier molecular flexibility index (Phi) is 4.11. The van der Waals surface area contributed by atoms with E-state index >= 15 is 0 Å². The van der Waals surface area contributed by atoms with Gasteiger partial charge in [0, 0.05) is 13.1 Å². The molecule has 20 heavy (non-hydrogen) atoms. The lowest BCUT2D eigenvalue weighted by atomic mass is 10.1. The molecule has 1 fully saturated rings. The number of benzene rings is 2. The van der Waals surface area contributed by atoms with Crippen molar-refractivity contribution in [1.29, 1.82) is 0 Å². The third-order valence-electron chi connectivity index (χ3n) is 3.61. The summed E-state index contributed by atoms with van der Waals surface area (Å²) in [6, 6.07) is 20.5. The Morgan fingerprint density at radius 1 is 1.00 bits per heavy atom. The zero-order valence-corrected chi connectivity index (χ0v) is 11.4. The second-order valence-electron chi connectivity index (χ2n) is 5.12. The lowest BCUT2D eigenvalue weighted by molar-refractivity contribution is -0.0215. The highest BCUT2D eigenvalue weighted by atomic mass is 16.5. The molecule has 0 radical (unpaired) electrons. The zero-order valence-electron chi connectivity index (χ0n) is 11.4. The van der Waals surface area contributed by atoms with Crippen LogP contribution in [0, 0.1) is 0 Å². The van der Waals surface area contributed by atoms with Crippen LogP contribution in [0.5, 0.6) is 0 Å². The van der Waals surface area contributed by atoms with Gasteiger partial charge in [0.1, 0.15) is 6.23 Å². The normalized spacial score (nSPS) is 23.1. The molecule has 3 nitrogen and oxygen atoms in total. The van der Waals surface area contributed by atoms with Gasteiger partial charge in [-0.25, -0.2) is 0 Å². The highest BCUT2D eigenvalue weighted by molar-refractivity contribution is 5.20. The Labute approximate surface area is 119 Å². The van der Waals surface area contributed by atoms with Crippen LogP contribution in [0.1, 0.15) is 17.4 Å². The van der Waals surface area contributed by atoms with Gasteiger partial charge in [0.2, 0.25) is 0 Å². The van der Waals surface area contributed by atoms with Gasteiger partial charge in [-0.05, 0) is 11.1 Å². The predicted octanol–water partition coefficient (Wildman–Crippen LogP) is 2.58. The minimum absolute atomic E-state index is 0.0641. The summed E-state index contributed by atoms with van der Waals surface area (Å²) >= 11 is 0. The van der Waals surface area contributed by atoms with E-state index in [1.807, 2.05) is 36.4 Å². The van der Waals surface area contributed by atoms with Crippen molar-refractivity contribution < 1.29 is 9.84 Å². The van der Waals surface area contributed by atoms with Gasteiger partial charge in [0.15, 0.2) is 0 Å². The Morgan fingerprint density at radius 2 is 1.65 bits per heavy atom. The number of hydrogen-bond donors (Lipinski definition) is 1. The molecule has 0 unspecified atom stereocenters. The van der Waals surface area contributed by atoms with E-state index in [9.17, 15) is 5.11 Å². The van der Waals surface area contributed by atoms with Crippen LogP contribution in [0.2, 0.25) is 0 Å². The van der Waals surface area contributed by atoms with Crippen molar-refractivity contribution in [3.05, 3.63) is 71.8 Å². The molecule has 2 atom stereocenters. The summed E-state index contributed by atoms with van der Waals surface area (Å²) in [7, 11) is 0. The van der Waals surface area contributed by atoms with Crippen LogP contribution in [0.15, 0.2) is 60.7 Å². The van der Waals surface area contributed by atoms with Gasteiger partial charge in [0.25, 0.3) is 0 Å². The van der Waals surface area contributed by atoms with Crippen LogP contribution in [0.3, 0.4) is 0 Å². The van der Waals surface area contributed by atoms with E-state index in [1.165, 1.54) is 5.56 Å². The molecule has 0 spiro atoms. The molecule has 0 aromatic heterocycles. The van der Waals surface area contributed by atoms with Gasteiger partial charge in [-0.3, -0.25) is 4.90 Å². The fraction of sp³-hybridized carbons (Fsp3) is 0.294. The van der Waals surface area contributed by atoms with Crippen LogP contribution in [-0.2, 0) is 11.3 Å². The predicted molar refractivity (Wildman–Crippen MR) is 78.0 cm³/mol. The first kappa shape index (κ1) is 13.3. The lowest BCUT2D eigenvalue weighted by Gasteiger charge is -2.23. The molecule has 3 rings (SSSR count). The topological polar surface area (TPSA) is 32.7 Å². The molecular formula is C17H19NO2. The van der Waals surface area contributed by atoms with Crippen LogP contribution >= 0.6 is 0 Å². The Morgan fingerprint density at radius 3 is 2.30 bits per heavy atom. The number of rotatable bonds is 4. The SMILES string of the molecule is OC[C@@H]1CN(Cc2ccccc2)[C@@H](c2ccccc2)O1. The highest BCUT2D eigenvalue weighted by Crippen LogP contribution is 2.31. The number of ether oxygens (including phenoxy) is 1. The monoisotopic (exact) mass is 269 g/mol. The Bertz CT molecular complexity index is 529. The molecule has 0 saturated carbocycles. The van der Waals surface area contributed by atoms with Crippen molar-refractivity contribution in [3.8, 4) is 0 Å². The van der Waals surface area contributed by atoms with Gasteiger partial charge in [-0.1, -0.05) is 60.7 Å². The van der Waals surface area contributed by atoms with E-state index in [0.717, 1.165) is 18.7 Å². The molecule has 1 aliphatic rings. The van der Waals surface area contributed by atoms with Gasteiger partial charge in [0.05, 0.1) is 12.7 Å². The first-order valence-corrected chi connectivity index (χ1v) is 6.96. The number of hydrogen-bond acceptors (Lipinski definition) is 3. The molecule has 0 bridgehead atoms. The zero-order chi connectivity index (χ0) is 13.8. The van der Waals surface area contributed by atoms with E-state index < -0.39 is 0 Å². The Balaban J connectivity index is 1.80. The van der Waals surface area contributed by atoms with Crippen LogP contribution in [0.25, 0.3) is 0 Å². The van der Waals surface area contributed by atoms with Gasteiger partial charge in [-0.15, -0.1) is 0 Å². The van der Waals surface area contributed by atoms with Crippen molar-refractivity contribution in [2.24, 2.45) is 0 Å². The fourth-order valence-electron chi connectivity index (χ4n) is 2.64. The molecular weight excluding hydrogens is 250 g/mol. The van der Waals surface area contributed by atoms with Crippen molar-refractivity contribution in [3.63, 3.8) is 0 Å². The maximum Gasteiger partial charge on any atom is 0.137 e. The lowest BCUT2D eigenvalue weighted by Crippen LogP contribution is -2.25. The molecule has 0 amide bonds. The van der Waals surface area contributed by atoms with Crippen molar-refractivity contribution in [2.75, 3.05) is 13.2 Å².